The van der Waals surface area contributed by atoms with Crippen molar-refractivity contribution in [2.75, 3.05) is 29.9 Å². The Labute approximate surface area is 142 Å². The minimum Gasteiger partial charge on any atom is -0.396 e. The maximum absolute atomic E-state index is 12.5. The second kappa shape index (κ2) is 7.45. The fourth-order valence-electron chi connectivity index (χ4n) is 3.05. The molecular weight excluding hydrogens is 302 g/mol. The zero-order valence-corrected chi connectivity index (χ0v) is 13.9. The first-order valence-electron chi connectivity index (χ1n) is 8.36. The van der Waals surface area contributed by atoms with Gasteiger partial charge < -0.3 is 15.3 Å². The van der Waals surface area contributed by atoms with E-state index in [1.807, 2.05) is 43.3 Å². The fraction of sp³-hybridized carbons (Fsp3) is 0.368. The lowest BCUT2D eigenvalue weighted by Crippen LogP contribution is -2.35. The molecule has 1 aliphatic heterocycles. The van der Waals surface area contributed by atoms with Crippen LogP contribution in [0.2, 0.25) is 0 Å². The second-order valence-electron chi connectivity index (χ2n) is 6.31. The number of nitrogens with zero attached hydrogens (tertiary/aromatic N) is 2. The molecule has 0 bridgehead atoms. The van der Waals surface area contributed by atoms with Gasteiger partial charge in [0.2, 0.25) is 0 Å². The van der Waals surface area contributed by atoms with Crippen LogP contribution in [0.25, 0.3) is 0 Å². The van der Waals surface area contributed by atoms with Gasteiger partial charge in [0.1, 0.15) is 0 Å². The first-order valence-corrected chi connectivity index (χ1v) is 8.36. The third-order valence-corrected chi connectivity index (χ3v) is 4.49. The molecule has 2 aromatic rings. The highest BCUT2D eigenvalue weighted by Gasteiger charge is 2.22. The predicted octanol–water partition coefficient (Wildman–Crippen LogP) is 2.85. The summed E-state index contributed by atoms with van der Waals surface area (Å²) in [5, 5.41) is 12.3. The molecule has 0 saturated carbocycles. The molecule has 5 nitrogen and oxygen atoms in total. The first kappa shape index (κ1) is 16.5. The summed E-state index contributed by atoms with van der Waals surface area (Å²) in [6, 6.07) is 11.2. The van der Waals surface area contributed by atoms with E-state index in [4.69, 9.17) is 0 Å². The van der Waals surface area contributed by atoms with E-state index in [2.05, 4.69) is 15.2 Å². The van der Waals surface area contributed by atoms with E-state index < -0.39 is 0 Å². The maximum Gasteiger partial charge on any atom is 0.255 e. The van der Waals surface area contributed by atoms with Crippen molar-refractivity contribution in [3.05, 3.63) is 53.7 Å². The third kappa shape index (κ3) is 3.74. The van der Waals surface area contributed by atoms with Crippen molar-refractivity contribution in [1.29, 1.82) is 0 Å². The number of aryl methyl sites for hydroxylation is 1. The Morgan fingerprint density at radius 1 is 1.29 bits per heavy atom. The maximum atomic E-state index is 12.5. The van der Waals surface area contributed by atoms with E-state index in [0.717, 1.165) is 43.0 Å². The lowest BCUT2D eigenvalue weighted by Gasteiger charge is -2.33. The van der Waals surface area contributed by atoms with E-state index in [-0.39, 0.29) is 12.5 Å². The zero-order chi connectivity index (χ0) is 16.9. The number of hydrogen-bond donors (Lipinski definition) is 2. The molecule has 1 fully saturated rings. The van der Waals surface area contributed by atoms with Gasteiger partial charge in [-0.15, -0.1) is 0 Å². The molecule has 24 heavy (non-hydrogen) atoms. The molecule has 1 saturated heterocycles. The number of pyridine rings is 1. The average molecular weight is 325 g/mol. The number of aliphatic hydroxyl groups is 1. The number of rotatable bonds is 4. The normalized spacial score (nSPS) is 15.3. The lowest BCUT2D eigenvalue weighted by atomic mass is 9.98. The van der Waals surface area contributed by atoms with Crippen LogP contribution in [0.1, 0.15) is 28.8 Å². The van der Waals surface area contributed by atoms with Crippen LogP contribution >= 0.6 is 0 Å². The van der Waals surface area contributed by atoms with Crippen molar-refractivity contribution in [3.63, 3.8) is 0 Å². The van der Waals surface area contributed by atoms with Crippen LogP contribution in [-0.4, -0.2) is 35.7 Å². The number of piperidine rings is 1. The first-order chi connectivity index (χ1) is 11.7. The Balaban J connectivity index is 1.76. The van der Waals surface area contributed by atoms with Crippen LogP contribution < -0.4 is 10.2 Å². The largest absolute Gasteiger partial charge is 0.396 e. The van der Waals surface area contributed by atoms with Crippen molar-refractivity contribution < 1.29 is 9.90 Å². The number of carbonyl (C=O) groups is 1. The van der Waals surface area contributed by atoms with E-state index >= 15 is 0 Å². The van der Waals surface area contributed by atoms with Gasteiger partial charge in [-0.1, -0.05) is 17.7 Å². The monoisotopic (exact) mass is 325 g/mol. The molecule has 1 aliphatic rings. The molecular formula is C19H23N3O2. The van der Waals surface area contributed by atoms with Crippen LogP contribution in [0.15, 0.2) is 42.6 Å². The standard InChI is InChI=1S/C19H23N3O2/c1-14-4-2-5-16(12-14)19(24)21-17-6-3-9-20-18(17)22-10-7-15(13-23)8-11-22/h2-6,9,12,15,23H,7-8,10-11,13H2,1H3,(H,21,24). The molecule has 126 valence electrons. The number of aliphatic hydroxyl groups excluding tert-OH is 1. The van der Waals surface area contributed by atoms with Crippen LogP contribution in [0, 0.1) is 12.8 Å². The molecule has 5 heteroatoms. The van der Waals surface area contributed by atoms with Crippen molar-refractivity contribution in [1.82, 2.24) is 4.98 Å². The molecule has 0 spiro atoms. The summed E-state index contributed by atoms with van der Waals surface area (Å²) in [6.07, 6.45) is 3.63. The van der Waals surface area contributed by atoms with Crippen molar-refractivity contribution in [2.24, 2.45) is 5.92 Å². The Kier molecular flexibility index (Phi) is 5.11. The van der Waals surface area contributed by atoms with Crippen molar-refractivity contribution in [2.45, 2.75) is 19.8 Å². The van der Waals surface area contributed by atoms with E-state index in [1.54, 1.807) is 6.20 Å². The van der Waals surface area contributed by atoms with Crippen LogP contribution in [0.3, 0.4) is 0 Å². The fourth-order valence-corrected chi connectivity index (χ4v) is 3.05. The summed E-state index contributed by atoms with van der Waals surface area (Å²) in [5.74, 6) is 1.04. The second-order valence-corrected chi connectivity index (χ2v) is 6.31. The van der Waals surface area contributed by atoms with Gasteiger partial charge in [0.25, 0.3) is 5.91 Å². The van der Waals surface area contributed by atoms with Gasteiger partial charge in [0, 0.05) is 31.5 Å². The molecule has 2 heterocycles. The zero-order valence-electron chi connectivity index (χ0n) is 13.9. The summed E-state index contributed by atoms with van der Waals surface area (Å²) in [5.41, 5.74) is 2.43. The number of nitrogens with one attached hydrogen (secondary N) is 1. The molecule has 0 radical (unpaired) electrons. The SMILES string of the molecule is Cc1cccc(C(=O)Nc2cccnc2N2CCC(CO)CC2)c1. The quantitative estimate of drug-likeness (QED) is 0.907. The summed E-state index contributed by atoms with van der Waals surface area (Å²) in [7, 11) is 0. The molecule has 1 aromatic heterocycles. The smallest absolute Gasteiger partial charge is 0.255 e. The highest BCUT2D eigenvalue weighted by atomic mass is 16.3. The summed E-state index contributed by atoms with van der Waals surface area (Å²) in [6.45, 7) is 3.90. The molecule has 1 amide bonds. The molecule has 2 N–H and O–H groups in total. The van der Waals surface area contributed by atoms with Gasteiger partial charge in [-0.25, -0.2) is 4.98 Å². The highest BCUT2D eigenvalue weighted by Crippen LogP contribution is 2.28. The minimum absolute atomic E-state index is 0.127. The number of hydrogen-bond acceptors (Lipinski definition) is 4. The number of benzene rings is 1. The van der Waals surface area contributed by atoms with Crippen molar-refractivity contribution in [3.8, 4) is 0 Å². The van der Waals surface area contributed by atoms with E-state index in [9.17, 15) is 9.90 Å². The van der Waals surface area contributed by atoms with Gasteiger partial charge in [0.05, 0.1) is 5.69 Å². The Bertz CT molecular complexity index is 709. The predicted molar refractivity (Wildman–Crippen MR) is 95.4 cm³/mol. The summed E-state index contributed by atoms with van der Waals surface area (Å²) >= 11 is 0. The Hall–Kier alpha value is -2.40. The van der Waals surface area contributed by atoms with Crippen LogP contribution in [-0.2, 0) is 0 Å². The van der Waals surface area contributed by atoms with Crippen LogP contribution in [0.4, 0.5) is 11.5 Å². The van der Waals surface area contributed by atoms with Gasteiger partial charge in [0.15, 0.2) is 5.82 Å². The third-order valence-electron chi connectivity index (χ3n) is 4.49. The minimum atomic E-state index is -0.127. The topological polar surface area (TPSA) is 65.5 Å². The van der Waals surface area contributed by atoms with Crippen LogP contribution in [0.5, 0.6) is 0 Å². The summed E-state index contributed by atoms with van der Waals surface area (Å²) < 4.78 is 0. The van der Waals surface area contributed by atoms with E-state index in [1.165, 1.54) is 0 Å². The molecule has 0 atom stereocenters. The lowest BCUT2D eigenvalue weighted by molar-refractivity contribution is 0.102. The van der Waals surface area contributed by atoms with Gasteiger partial charge in [-0.2, -0.15) is 0 Å². The van der Waals surface area contributed by atoms with Gasteiger partial charge in [-0.05, 0) is 49.9 Å². The van der Waals surface area contributed by atoms with Gasteiger partial charge in [-0.3, -0.25) is 4.79 Å². The molecule has 3 rings (SSSR count). The highest BCUT2D eigenvalue weighted by molar-refractivity contribution is 6.05. The average Bonchev–Trinajstić information content (AvgIpc) is 2.62. The molecule has 1 aromatic carbocycles. The molecule has 0 aliphatic carbocycles. The van der Waals surface area contributed by atoms with Gasteiger partial charge >= 0.3 is 0 Å². The molecule has 0 unspecified atom stereocenters. The Morgan fingerprint density at radius 2 is 2.08 bits per heavy atom. The van der Waals surface area contributed by atoms with E-state index in [0.29, 0.717) is 11.5 Å². The number of amides is 1. The number of carbonyl (C=O) groups excluding carboxylic acids is 1. The summed E-state index contributed by atoms with van der Waals surface area (Å²) in [4.78, 5) is 19.2. The van der Waals surface area contributed by atoms with Crippen molar-refractivity contribution >= 4 is 17.4 Å². The Morgan fingerprint density at radius 3 is 2.79 bits per heavy atom. The number of anilines is 2. The number of aromatic nitrogens is 1.